The Kier molecular flexibility index (Phi) is 4.23. The zero-order valence-electron chi connectivity index (χ0n) is 12.9. The molecule has 2 aromatic rings. The molecule has 6 nitrogen and oxygen atoms in total. The molecule has 3 N–H and O–H groups in total. The van der Waals surface area contributed by atoms with Crippen LogP contribution in [0.5, 0.6) is 0 Å². The minimum atomic E-state index is -1.05. The van der Waals surface area contributed by atoms with Crippen LogP contribution in [-0.2, 0) is 16.0 Å². The lowest BCUT2D eigenvalue weighted by molar-refractivity contribution is -0.138. The summed E-state index contributed by atoms with van der Waals surface area (Å²) in [4.78, 5) is 23.1. The van der Waals surface area contributed by atoms with Gasteiger partial charge in [-0.2, -0.15) is 0 Å². The van der Waals surface area contributed by atoms with E-state index in [2.05, 4.69) is 0 Å². The fourth-order valence-electron chi connectivity index (χ4n) is 2.20. The normalized spacial score (nSPS) is 13.1. The van der Waals surface area contributed by atoms with Gasteiger partial charge in [-0.1, -0.05) is 12.1 Å². The molecular weight excluding hydrogens is 284 g/mol. The molecule has 1 atom stereocenters. The van der Waals surface area contributed by atoms with Crippen LogP contribution in [0.4, 0.5) is 4.79 Å². The SMILES string of the molecule is CC(C)(C)OC(=O)n1ccc2c(CC(N)C(=O)O)cccc21. The van der Waals surface area contributed by atoms with E-state index in [0.29, 0.717) is 5.52 Å². The molecule has 1 aromatic heterocycles. The molecule has 0 saturated carbocycles. The monoisotopic (exact) mass is 304 g/mol. The zero-order chi connectivity index (χ0) is 16.5. The minimum absolute atomic E-state index is 0.199. The second-order valence-electron chi connectivity index (χ2n) is 6.16. The summed E-state index contributed by atoms with van der Waals surface area (Å²) in [6, 6.07) is 6.16. The van der Waals surface area contributed by atoms with Crippen molar-refractivity contribution in [2.75, 3.05) is 0 Å². The highest BCUT2D eigenvalue weighted by Crippen LogP contribution is 2.22. The van der Waals surface area contributed by atoms with E-state index < -0.39 is 23.7 Å². The third kappa shape index (κ3) is 3.46. The van der Waals surface area contributed by atoms with E-state index in [1.54, 1.807) is 45.2 Å². The molecule has 0 saturated heterocycles. The first-order chi connectivity index (χ1) is 10.2. The van der Waals surface area contributed by atoms with Crippen molar-refractivity contribution in [3.63, 3.8) is 0 Å². The van der Waals surface area contributed by atoms with Gasteiger partial charge in [0.2, 0.25) is 0 Å². The number of nitrogens with two attached hydrogens (primary N) is 1. The molecule has 1 aromatic carbocycles. The quantitative estimate of drug-likeness (QED) is 0.907. The average molecular weight is 304 g/mol. The highest BCUT2D eigenvalue weighted by atomic mass is 16.6. The summed E-state index contributed by atoms with van der Waals surface area (Å²) in [6.45, 7) is 5.40. The van der Waals surface area contributed by atoms with Crippen LogP contribution < -0.4 is 5.73 Å². The van der Waals surface area contributed by atoms with E-state index in [0.717, 1.165) is 10.9 Å². The predicted molar refractivity (Wildman–Crippen MR) is 82.9 cm³/mol. The number of benzene rings is 1. The molecule has 0 aliphatic carbocycles. The average Bonchev–Trinajstić information content (AvgIpc) is 2.81. The predicted octanol–water partition coefficient (Wildman–Crippen LogP) is 2.38. The molecule has 0 radical (unpaired) electrons. The third-order valence-electron chi connectivity index (χ3n) is 3.17. The van der Waals surface area contributed by atoms with Gasteiger partial charge in [0.25, 0.3) is 0 Å². The van der Waals surface area contributed by atoms with Gasteiger partial charge >= 0.3 is 12.1 Å². The number of fused-ring (bicyclic) bond motifs is 1. The Morgan fingerprint density at radius 2 is 2.00 bits per heavy atom. The number of carboxylic acid groups (broad SMARTS) is 1. The van der Waals surface area contributed by atoms with Crippen molar-refractivity contribution in [2.24, 2.45) is 5.73 Å². The van der Waals surface area contributed by atoms with E-state index >= 15 is 0 Å². The maximum atomic E-state index is 12.2. The van der Waals surface area contributed by atoms with Crippen LogP contribution in [0.3, 0.4) is 0 Å². The van der Waals surface area contributed by atoms with Gasteiger partial charge in [0, 0.05) is 11.6 Å². The molecule has 1 unspecified atom stereocenters. The number of carboxylic acids is 1. The third-order valence-corrected chi connectivity index (χ3v) is 3.17. The van der Waals surface area contributed by atoms with E-state index in [1.165, 1.54) is 4.57 Å². The molecule has 0 aliphatic rings. The van der Waals surface area contributed by atoms with Crippen molar-refractivity contribution in [3.8, 4) is 0 Å². The van der Waals surface area contributed by atoms with Gasteiger partial charge in [-0.15, -0.1) is 0 Å². The van der Waals surface area contributed by atoms with Crippen molar-refractivity contribution >= 4 is 23.0 Å². The minimum Gasteiger partial charge on any atom is -0.480 e. The van der Waals surface area contributed by atoms with Gasteiger partial charge in [0.1, 0.15) is 11.6 Å². The van der Waals surface area contributed by atoms with Gasteiger partial charge in [-0.3, -0.25) is 9.36 Å². The Bertz CT molecular complexity index is 712. The molecule has 0 fully saturated rings. The number of nitrogens with zero attached hydrogens (tertiary/aromatic N) is 1. The van der Waals surface area contributed by atoms with Crippen molar-refractivity contribution in [1.82, 2.24) is 4.57 Å². The van der Waals surface area contributed by atoms with Crippen LogP contribution in [0.25, 0.3) is 10.9 Å². The summed E-state index contributed by atoms with van der Waals surface area (Å²) in [7, 11) is 0. The summed E-state index contributed by atoms with van der Waals surface area (Å²) < 4.78 is 6.77. The first kappa shape index (κ1) is 16.0. The van der Waals surface area contributed by atoms with Crippen molar-refractivity contribution in [1.29, 1.82) is 0 Å². The maximum Gasteiger partial charge on any atom is 0.418 e. The van der Waals surface area contributed by atoms with Crippen LogP contribution in [0.15, 0.2) is 30.5 Å². The van der Waals surface area contributed by atoms with Crippen molar-refractivity contribution in [2.45, 2.75) is 38.8 Å². The zero-order valence-corrected chi connectivity index (χ0v) is 12.9. The van der Waals surface area contributed by atoms with Crippen molar-refractivity contribution < 1.29 is 19.4 Å². The summed E-state index contributed by atoms with van der Waals surface area (Å²) in [6.07, 6.45) is 1.35. The van der Waals surface area contributed by atoms with Crippen LogP contribution in [0, 0.1) is 0 Å². The van der Waals surface area contributed by atoms with Crippen LogP contribution >= 0.6 is 0 Å². The van der Waals surface area contributed by atoms with Crippen LogP contribution in [0.1, 0.15) is 26.3 Å². The van der Waals surface area contributed by atoms with E-state index in [1.807, 2.05) is 6.07 Å². The molecule has 1 heterocycles. The largest absolute Gasteiger partial charge is 0.480 e. The number of carbonyl (C=O) groups is 2. The van der Waals surface area contributed by atoms with Crippen molar-refractivity contribution in [3.05, 3.63) is 36.0 Å². The van der Waals surface area contributed by atoms with E-state index in [9.17, 15) is 9.59 Å². The number of aliphatic carboxylic acids is 1. The topological polar surface area (TPSA) is 94.5 Å². The molecule has 6 heteroatoms. The Morgan fingerprint density at radius 1 is 1.32 bits per heavy atom. The van der Waals surface area contributed by atoms with Gasteiger partial charge in [-0.05, 0) is 44.9 Å². The summed E-state index contributed by atoms with van der Waals surface area (Å²) in [5.74, 6) is -1.05. The smallest absolute Gasteiger partial charge is 0.418 e. The highest BCUT2D eigenvalue weighted by Gasteiger charge is 2.20. The Labute approximate surface area is 128 Å². The number of ether oxygens (including phenoxy) is 1. The maximum absolute atomic E-state index is 12.2. The summed E-state index contributed by atoms with van der Waals surface area (Å²) in [5.41, 5.74) is 6.46. The standard InChI is InChI=1S/C16H20N2O4/c1-16(2,3)22-15(21)18-8-7-11-10(5-4-6-13(11)18)9-12(17)14(19)20/h4-8,12H,9,17H2,1-3H3,(H,19,20). The number of hydrogen-bond acceptors (Lipinski definition) is 4. The number of rotatable bonds is 3. The lowest BCUT2D eigenvalue weighted by Crippen LogP contribution is -2.32. The van der Waals surface area contributed by atoms with E-state index in [-0.39, 0.29) is 6.42 Å². The summed E-state index contributed by atoms with van der Waals surface area (Å²) >= 11 is 0. The lowest BCUT2D eigenvalue weighted by Gasteiger charge is -2.19. The number of aromatic nitrogens is 1. The summed E-state index contributed by atoms with van der Waals surface area (Å²) in [5, 5.41) is 9.73. The molecule has 0 aliphatic heterocycles. The molecule has 0 spiro atoms. The van der Waals surface area contributed by atoms with Gasteiger partial charge in [0.15, 0.2) is 0 Å². The van der Waals surface area contributed by atoms with Gasteiger partial charge in [-0.25, -0.2) is 4.79 Å². The van der Waals surface area contributed by atoms with E-state index in [4.69, 9.17) is 15.6 Å². The molecular formula is C16H20N2O4. The Hall–Kier alpha value is -2.34. The second kappa shape index (κ2) is 5.81. The first-order valence-corrected chi connectivity index (χ1v) is 7.00. The van der Waals surface area contributed by atoms with Gasteiger partial charge in [0.05, 0.1) is 5.52 Å². The highest BCUT2D eigenvalue weighted by molar-refractivity contribution is 5.92. The Morgan fingerprint density at radius 3 is 2.59 bits per heavy atom. The lowest BCUT2D eigenvalue weighted by atomic mass is 10.0. The van der Waals surface area contributed by atoms with Crippen LogP contribution in [-0.4, -0.2) is 33.4 Å². The molecule has 0 bridgehead atoms. The first-order valence-electron chi connectivity index (χ1n) is 7.00. The Balaban J connectivity index is 2.37. The molecule has 0 amide bonds. The fourth-order valence-corrected chi connectivity index (χ4v) is 2.20. The molecule has 118 valence electrons. The number of carbonyl (C=O) groups excluding carboxylic acids is 1. The molecule has 22 heavy (non-hydrogen) atoms. The van der Waals surface area contributed by atoms with Gasteiger partial charge < -0.3 is 15.6 Å². The second-order valence-corrected chi connectivity index (χ2v) is 6.16. The fraction of sp³-hybridized carbons (Fsp3) is 0.375. The number of hydrogen-bond donors (Lipinski definition) is 2. The molecule has 2 rings (SSSR count). The van der Waals surface area contributed by atoms with Crippen LogP contribution in [0.2, 0.25) is 0 Å².